The van der Waals surface area contributed by atoms with Gasteiger partial charge in [0, 0.05) is 24.2 Å². The molecule has 0 spiro atoms. The molecule has 0 aromatic heterocycles. The van der Waals surface area contributed by atoms with Crippen molar-refractivity contribution in [2.45, 2.75) is 13.0 Å². The van der Waals surface area contributed by atoms with E-state index in [2.05, 4.69) is 10.6 Å². The summed E-state index contributed by atoms with van der Waals surface area (Å²) in [7, 11) is 0. The lowest BCUT2D eigenvalue weighted by Gasteiger charge is -2.08. The van der Waals surface area contributed by atoms with Gasteiger partial charge in [-0.1, -0.05) is 60.7 Å². The van der Waals surface area contributed by atoms with Crippen molar-refractivity contribution >= 4 is 11.8 Å². The summed E-state index contributed by atoms with van der Waals surface area (Å²) in [5.74, 6) is -0.205. The molecule has 0 atom stereocenters. The highest BCUT2D eigenvalue weighted by Crippen LogP contribution is 2.06. The Morgan fingerprint density at radius 2 is 1.15 bits per heavy atom. The van der Waals surface area contributed by atoms with Gasteiger partial charge in [0.25, 0.3) is 11.8 Å². The number of rotatable bonds is 7. The van der Waals surface area contributed by atoms with Gasteiger partial charge in [0.2, 0.25) is 0 Å². The molecule has 3 aromatic rings. The number of carbonyl (C=O) groups excluding carboxylic acids is 2. The fourth-order valence-electron chi connectivity index (χ4n) is 2.72. The fraction of sp³-hybridized carbons (Fsp3) is 0.130. The van der Waals surface area contributed by atoms with E-state index < -0.39 is 0 Å². The van der Waals surface area contributed by atoms with Crippen LogP contribution < -0.4 is 10.6 Å². The van der Waals surface area contributed by atoms with E-state index in [4.69, 9.17) is 0 Å². The summed E-state index contributed by atoms with van der Waals surface area (Å²) < 4.78 is 0. The zero-order chi connectivity index (χ0) is 18.9. The molecule has 0 aliphatic rings. The summed E-state index contributed by atoms with van der Waals surface area (Å²) in [5.41, 5.74) is 3.38. The van der Waals surface area contributed by atoms with Crippen LogP contribution in [-0.2, 0) is 13.0 Å². The standard InChI is InChI=1S/C23H22N2O2/c26-22(24-16-15-18-7-3-1-4-8-18)21-13-11-19(12-14-21)17-25-23(27)20-9-5-2-6-10-20/h1-14H,15-17H2,(H,24,26)(H,25,27). The van der Waals surface area contributed by atoms with Crippen molar-refractivity contribution in [3.05, 3.63) is 107 Å². The Balaban J connectivity index is 1.46. The van der Waals surface area contributed by atoms with Crippen molar-refractivity contribution in [2.24, 2.45) is 0 Å². The van der Waals surface area contributed by atoms with Crippen molar-refractivity contribution < 1.29 is 9.59 Å². The zero-order valence-electron chi connectivity index (χ0n) is 15.0. The van der Waals surface area contributed by atoms with Crippen molar-refractivity contribution in [2.75, 3.05) is 6.54 Å². The third-order valence-electron chi connectivity index (χ3n) is 4.25. The molecule has 0 radical (unpaired) electrons. The number of amides is 2. The van der Waals surface area contributed by atoms with Crippen LogP contribution in [0.15, 0.2) is 84.9 Å². The van der Waals surface area contributed by atoms with E-state index in [1.54, 1.807) is 24.3 Å². The predicted molar refractivity (Wildman–Crippen MR) is 107 cm³/mol. The normalized spacial score (nSPS) is 10.2. The molecule has 3 rings (SSSR count). The molecule has 0 fully saturated rings. The van der Waals surface area contributed by atoms with E-state index in [0.717, 1.165) is 12.0 Å². The lowest BCUT2D eigenvalue weighted by atomic mass is 10.1. The molecular weight excluding hydrogens is 336 g/mol. The third-order valence-corrected chi connectivity index (χ3v) is 4.25. The van der Waals surface area contributed by atoms with Crippen LogP contribution in [-0.4, -0.2) is 18.4 Å². The van der Waals surface area contributed by atoms with Crippen LogP contribution in [0.5, 0.6) is 0 Å². The van der Waals surface area contributed by atoms with Gasteiger partial charge < -0.3 is 10.6 Å². The van der Waals surface area contributed by atoms with Crippen LogP contribution in [0.2, 0.25) is 0 Å². The largest absolute Gasteiger partial charge is 0.352 e. The van der Waals surface area contributed by atoms with Gasteiger partial charge in [-0.3, -0.25) is 9.59 Å². The van der Waals surface area contributed by atoms with Gasteiger partial charge in [-0.05, 0) is 41.8 Å². The minimum atomic E-state index is -0.113. The summed E-state index contributed by atoms with van der Waals surface area (Å²) in [6, 6.07) is 26.4. The summed E-state index contributed by atoms with van der Waals surface area (Å²) in [5, 5.41) is 5.81. The number of nitrogens with one attached hydrogen (secondary N) is 2. The Morgan fingerprint density at radius 1 is 0.593 bits per heavy atom. The van der Waals surface area contributed by atoms with E-state index in [-0.39, 0.29) is 11.8 Å². The molecule has 0 aliphatic carbocycles. The average Bonchev–Trinajstić information content (AvgIpc) is 2.73. The molecule has 0 heterocycles. The van der Waals surface area contributed by atoms with Crippen molar-refractivity contribution in [1.82, 2.24) is 10.6 Å². The average molecular weight is 358 g/mol. The zero-order valence-corrected chi connectivity index (χ0v) is 15.0. The van der Waals surface area contributed by atoms with E-state index in [1.807, 2.05) is 60.7 Å². The first-order valence-electron chi connectivity index (χ1n) is 8.97. The smallest absolute Gasteiger partial charge is 0.251 e. The fourth-order valence-corrected chi connectivity index (χ4v) is 2.72. The minimum absolute atomic E-state index is 0.0918. The molecular formula is C23H22N2O2. The van der Waals surface area contributed by atoms with E-state index in [1.165, 1.54) is 5.56 Å². The highest BCUT2D eigenvalue weighted by atomic mass is 16.2. The molecule has 3 aromatic carbocycles. The minimum Gasteiger partial charge on any atom is -0.352 e. The van der Waals surface area contributed by atoms with E-state index in [9.17, 15) is 9.59 Å². The molecule has 2 N–H and O–H groups in total. The molecule has 4 heteroatoms. The lowest BCUT2D eigenvalue weighted by Crippen LogP contribution is -2.26. The Kier molecular flexibility index (Phi) is 6.36. The predicted octanol–water partition coefficient (Wildman–Crippen LogP) is 3.59. The summed E-state index contributed by atoms with van der Waals surface area (Å²) >= 11 is 0. The topological polar surface area (TPSA) is 58.2 Å². The van der Waals surface area contributed by atoms with Gasteiger partial charge in [0.05, 0.1) is 0 Å². The summed E-state index contributed by atoms with van der Waals surface area (Å²) in [4.78, 5) is 24.3. The van der Waals surface area contributed by atoms with Crippen molar-refractivity contribution in [3.63, 3.8) is 0 Å². The third kappa shape index (κ3) is 5.54. The molecule has 0 unspecified atom stereocenters. The van der Waals surface area contributed by atoms with Gasteiger partial charge in [-0.25, -0.2) is 0 Å². The maximum absolute atomic E-state index is 12.2. The second-order valence-electron chi connectivity index (χ2n) is 6.24. The Bertz CT molecular complexity index is 875. The van der Waals surface area contributed by atoms with Crippen LogP contribution >= 0.6 is 0 Å². The van der Waals surface area contributed by atoms with Crippen LogP contribution in [0, 0.1) is 0 Å². The first kappa shape index (κ1) is 18.4. The highest BCUT2D eigenvalue weighted by Gasteiger charge is 2.07. The molecule has 0 bridgehead atoms. The van der Waals surface area contributed by atoms with E-state index >= 15 is 0 Å². The van der Waals surface area contributed by atoms with Crippen LogP contribution in [0.25, 0.3) is 0 Å². The number of benzene rings is 3. The van der Waals surface area contributed by atoms with Gasteiger partial charge in [-0.2, -0.15) is 0 Å². The van der Waals surface area contributed by atoms with Crippen molar-refractivity contribution in [1.29, 1.82) is 0 Å². The maximum Gasteiger partial charge on any atom is 0.251 e. The SMILES string of the molecule is O=C(NCCc1ccccc1)c1ccc(CNC(=O)c2ccccc2)cc1. The van der Waals surface area contributed by atoms with Gasteiger partial charge in [-0.15, -0.1) is 0 Å². The van der Waals surface area contributed by atoms with Crippen LogP contribution in [0.3, 0.4) is 0 Å². The Hall–Kier alpha value is -3.40. The molecule has 27 heavy (non-hydrogen) atoms. The maximum atomic E-state index is 12.2. The number of hydrogen-bond donors (Lipinski definition) is 2. The van der Waals surface area contributed by atoms with E-state index in [0.29, 0.717) is 24.2 Å². The molecule has 0 saturated carbocycles. The van der Waals surface area contributed by atoms with Crippen LogP contribution in [0.4, 0.5) is 0 Å². The van der Waals surface area contributed by atoms with Crippen molar-refractivity contribution in [3.8, 4) is 0 Å². The number of carbonyl (C=O) groups is 2. The first-order chi connectivity index (χ1) is 13.2. The van der Waals surface area contributed by atoms with Gasteiger partial charge in [0.1, 0.15) is 0 Å². The molecule has 0 aliphatic heterocycles. The molecule has 136 valence electrons. The summed E-state index contributed by atoms with van der Waals surface area (Å²) in [6.07, 6.45) is 0.802. The molecule has 2 amide bonds. The second-order valence-corrected chi connectivity index (χ2v) is 6.24. The first-order valence-corrected chi connectivity index (χ1v) is 8.97. The lowest BCUT2D eigenvalue weighted by molar-refractivity contribution is 0.0943. The second kappa shape index (κ2) is 9.34. The number of hydrogen-bond acceptors (Lipinski definition) is 2. The van der Waals surface area contributed by atoms with Crippen LogP contribution in [0.1, 0.15) is 31.8 Å². The molecule has 0 saturated heterocycles. The molecule has 4 nitrogen and oxygen atoms in total. The Morgan fingerprint density at radius 3 is 1.81 bits per heavy atom. The summed E-state index contributed by atoms with van der Waals surface area (Å²) in [6.45, 7) is 1.02. The Labute approximate surface area is 159 Å². The highest BCUT2D eigenvalue weighted by molar-refractivity contribution is 5.94. The van der Waals surface area contributed by atoms with Gasteiger partial charge in [0.15, 0.2) is 0 Å². The van der Waals surface area contributed by atoms with Gasteiger partial charge >= 0.3 is 0 Å². The monoisotopic (exact) mass is 358 g/mol. The quantitative estimate of drug-likeness (QED) is 0.678.